The number of rotatable bonds is 6. The zero-order chi connectivity index (χ0) is 12.8. The largest absolute Gasteiger partial charge is 0.381 e. The Labute approximate surface area is 115 Å². The van der Waals surface area contributed by atoms with Crippen molar-refractivity contribution in [3.8, 4) is 0 Å². The van der Waals surface area contributed by atoms with Gasteiger partial charge in [-0.15, -0.1) is 0 Å². The molecule has 0 spiro atoms. The fourth-order valence-electron chi connectivity index (χ4n) is 1.81. The molecule has 1 nitrogen and oxygen atoms in total. The number of benzene rings is 1. The van der Waals surface area contributed by atoms with Crippen molar-refractivity contribution in [3.05, 3.63) is 27.7 Å². The van der Waals surface area contributed by atoms with E-state index in [0.29, 0.717) is 6.04 Å². The average Bonchev–Trinajstić information content (AvgIpc) is 2.30. The molecule has 0 aliphatic heterocycles. The standard InChI is InChI=1S/C14H21Cl2N/c1-4-6-7-11(5-2)17-14-9-12(15)10(3)8-13(14)16/h8-9,11,17H,4-7H2,1-3H3. The van der Waals surface area contributed by atoms with Crippen LogP contribution in [-0.4, -0.2) is 6.04 Å². The first-order chi connectivity index (χ1) is 8.08. The molecule has 1 aromatic rings. The van der Waals surface area contributed by atoms with Crippen molar-refractivity contribution in [1.29, 1.82) is 0 Å². The molecule has 0 aliphatic carbocycles. The highest BCUT2D eigenvalue weighted by atomic mass is 35.5. The van der Waals surface area contributed by atoms with Crippen molar-refractivity contribution in [2.24, 2.45) is 0 Å². The molecule has 17 heavy (non-hydrogen) atoms. The SMILES string of the molecule is CCCCC(CC)Nc1cc(Cl)c(C)cc1Cl. The van der Waals surface area contributed by atoms with Gasteiger partial charge in [0.2, 0.25) is 0 Å². The summed E-state index contributed by atoms with van der Waals surface area (Å²) in [5, 5.41) is 5.00. The number of anilines is 1. The van der Waals surface area contributed by atoms with Crippen LogP contribution in [0.15, 0.2) is 12.1 Å². The smallest absolute Gasteiger partial charge is 0.0641 e. The van der Waals surface area contributed by atoms with E-state index in [9.17, 15) is 0 Å². The monoisotopic (exact) mass is 273 g/mol. The summed E-state index contributed by atoms with van der Waals surface area (Å²) in [5.74, 6) is 0. The van der Waals surface area contributed by atoms with Crippen molar-refractivity contribution in [3.63, 3.8) is 0 Å². The fourth-order valence-corrected chi connectivity index (χ4v) is 2.24. The quantitative estimate of drug-likeness (QED) is 0.703. The lowest BCUT2D eigenvalue weighted by atomic mass is 10.1. The summed E-state index contributed by atoms with van der Waals surface area (Å²) in [6.07, 6.45) is 4.74. The van der Waals surface area contributed by atoms with E-state index in [2.05, 4.69) is 19.2 Å². The Morgan fingerprint density at radius 1 is 1.18 bits per heavy atom. The van der Waals surface area contributed by atoms with Crippen LogP contribution < -0.4 is 5.32 Å². The van der Waals surface area contributed by atoms with Crippen molar-refractivity contribution >= 4 is 28.9 Å². The third kappa shape index (κ3) is 4.40. The number of aryl methyl sites for hydroxylation is 1. The lowest BCUT2D eigenvalue weighted by molar-refractivity contribution is 0.593. The summed E-state index contributed by atoms with van der Waals surface area (Å²) in [6.45, 7) is 6.37. The van der Waals surface area contributed by atoms with Gasteiger partial charge in [-0.2, -0.15) is 0 Å². The second kappa shape index (κ2) is 7.13. The van der Waals surface area contributed by atoms with Crippen LogP contribution in [0.25, 0.3) is 0 Å². The van der Waals surface area contributed by atoms with E-state index < -0.39 is 0 Å². The number of hydrogen-bond donors (Lipinski definition) is 1. The van der Waals surface area contributed by atoms with Crippen LogP contribution in [-0.2, 0) is 0 Å². The molecule has 0 saturated heterocycles. The molecule has 1 atom stereocenters. The molecule has 0 radical (unpaired) electrons. The van der Waals surface area contributed by atoms with Crippen LogP contribution in [0.3, 0.4) is 0 Å². The van der Waals surface area contributed by atoms with Crippen molar-refractivity contribution in [1.82, 2.24) is 0 Å². The molecule has 0 saturated carbocycles. The highest BCUT2D eigenvalue weighted by molar-refractivity contribution is 6.35. The van der Waals surface area contributed by atoms with Crippen molar-refractivity contribution < 1.29 is 0 Å². The lowest BCUT2D eigenvalue weighted by Gasteiger charge is -2.19. The number of halogens is 2. The number of hydrogen-bond acceptors (Lipinski definition) is 1. The van der Waals surface area contributed by atoms with Crippen LogP contribution in [0.1, 0.15) is 45.1 Å². The molecule has 1 aromatic carbocycles. The Balaban J connectivity index is 2.75. The first-order valence-electron chi connectivity index (χ1n) is 6.30. The van der Waals surface area contributed by atoms with Gasteiger partial charge in [-0.25, -0.2) is 0 Å². The third-order valence-corrected chi connectivity index (χ3v) is 3.73. The highest BCUT2D eigenvalue weighted by Crippen LogP contribution is 2.30. The molecule has 1 unspecified atom stereocenters. The van der Waals surface area contributed by atoms with Gasteiger partial charge in [0.05, 0.1) is 10.7 Å². The number of unbranched alkanes of at least 4 members (excludes halogenated alkanes) is 1. The van der Waals surface area contributed by atoms with Gasteiger partial charge >= 0.3 is 0 Å². The van der Waals surface area contributed by atoms with Crippen LogP contribution >= 0.6 is 23.2 Å². The molecular formula is C14H21Cl2N. The summed E-state index contributed by atoms with van der Waals surface area (Å²) in [7, 11) is 0. The van der Waals surface area contributed by atoms with Gasteiger partial charge in [0, 0.05) is 11.1 Å². The van der Waals surface area contributed by atoms with Gasteiger partial charge in [-0.1, -0.05) is 49.9 Å². The minimum atomic E-state index is 0.478. The predicted octanol–water partition coefficient (Wildman–Crippen LogP) is 5.68. The third-order valence-electron chi connectivity index (χ3n) is 3.01. The molecule has 3 heteroatoms. The van der Waals surface area contributed by atoms with Gasteiger partial charge in [0.15, 0.2) is 0 Å². The Morgan fingerprint density at radius 3 is 2.47 bits per heavy atom. The summed E-state index contributed by atoms with van der Waals surface area (Å²) in [6, 6.07) is 4.32. The van der Waals surface area contributed by atoms with E-state index in [0.717, 1.165) is 27.7 Å². The lowest BCUT2D eigenvalue weighted by Crippen LogP contribution is -2.18. The Hall–Kier alpha value is -0.400. The minimum absolute atomic E-state index is 0.478. The molecule has 96 valence electrons. The maximum Gasteiger partial charge on any atom is 0.0641 e. The molecule has 0 aliphatic rings. The molecule has 0 bridgehead atoms. The maximum atomic E-state index is 6.22. The maximum absolute atomic E-state index is 6.22. The van der Waals surface area contributed by atoms with Crippen LogP contribution in [0, 0.1) is 6.92 Å². The van der Waals surface area contributed by atoms with E-state index in [1.807, 2.05) is 19.1 Å². The van der Waals surface area contributed by atoms with Crippen molar-refractivity contribution in [2.75, 3.05) is 5.32 Å². The van der Waals surface area contributed by atoms with Crippen molar-refractivity contribution in [2.45, 2.75) is 52.5 Å². The minimum Gasteiger partial charge on any atom is -0.381 e. The average molecular weight is 274 g/mol. The molecule has 0 amide bonds. The predicted molar refractivity (Wildman–Crippen MR) is 78.4 cm³/mol. The Morgan fingerprint density at radius 2 is 1.88 bits per heavy atom. The second-order valence-corrected chi connectivity index (χ2v) is 5.29. The number of nitrogens with one attached hydrogen (secondary N) is 1. The molecular weight excluding hydrogens is 253 g/mol. The normalized spacial score (nSPS) is 12.5. The van der Waals surface area contributed by atoms with Gasteiger partial charge in [-0.3, -0.25) is 0 Å². The molecule has 0 aromatic heterocycles. The first kappa shape index (κ1) is 14.7. The van der Waals surface area contributed by atoms with Crippen LogP contribution in [0.2, 0.25) is 10.0 Å². The van der Waals surface area contributed by atoms with Gasteiger partial charge in [-0.05, 0) is 37.5 Å². The zero-order valence-corrected chi connectivity index (χ0v) is 12.3. The van der Waals surface area contributed by atoms with Crippen LogP contribution in [0.4, 0.5) is 5.69 Å². The molecule has 1 rings (SSSR count). The van der Waals surface area contributed by atoms with E-state index in [4.69, 9.17) is 23.2 Å². The van der Waals surface area contributed by atoms with Gasteiger partial charge in [0.1, 0.15) is 0 Å². The first-order valence-corrected chi connectivity index (χ1v) is 7.06. The Bertz CT molecular complexity index is 363. The summed E-state index contributed by atoms with van der Waals surface area (Å²) in [4.78, 5) is 0. The summed E-state index contributed by atoms with van der Waals surface area (Å²) < 4.78 is 0. The fraction of sp³-hybridized carbons (Fsp3) is 0.571. The Kier molecular flexibility index (Phi) is 6.15. The summed E-state index contributed by atoms with van der Waals surface area (Å²) >= 11 is 12.3. The van der Waals surface area contributed by atoms with E-state index >= 15 is 0 Å². The molecule has 0 heterocycles. The topological polar surface area (TPSA) is 12.0 Å². The van der Waals surface area contributed by atoms with Gasteiger partial charge in [0.25, 0.3) is 0 Å². The van der Waals surface area contributed by atoms with E-state index in [-0.39, 0.29) is 0 Å². The van der Waals surface area contributed by atoms with Crippen LogP contribution in [0.5, 0.6) is 0 Å². The van der Waals surface area contributed by atoms with E-state index in [1.165, 1.54) is 19.3 Å². The van der Waals surface area contributed by atoms with Gasteiger partial charge < -0.3 is 5.32 Å². The molecule has 0 fully saturated rings. The highest BCUT2D eigenvalue weighted by Gasteiger charge is 2.09. The van der Waals surface area contributed by atoms with E-state index in [1.54, 1.807) is 0 Å². The molecule has 1 N–H and O–H groups in total. The zero-order valence-electron chi connectivity index (χ0n) is 10.8. The summed E-state index contributed by atoms with van der Waals surface area (Å²) in [5.41, 5.74) is 1.97. The second-order valence-electron chi connectivity index (χ2n) is 4.47.